The van der Waals surface area contributed by atoms with Crippen molar-refractivity contribution in [3.8, 4) is 0 Å². The van der Waals surface area contributed by atoms with E-state index in [4.69, 9.17) is 17.3 Å². The fourth-order valence-corrected chi connectivity index (χ4v) is 1.11. The first kappa shape index (κ1) is 10.8. The second-order valence-corrected chi connectivity index (χ2v) is 3.02. The zero-order valence-electron chi connectivity index (χ0n) is 7.72. The van der Waals surface area contributed by atoms with Gasteiger partial charge in [-0.2, -0.15) is 0 Å². The van der Waals surface area contributed by atoms with E-state index in [9.17, 15) is 4.39 Å². The Kier molecular flexibility index (Phi) is 3.71. The third-order valence-corrected chi connectivity index (χ3v) is 1.85. The largest absolute Gasteiger partial charge is 0.370 e. The molecule has 5 heteroatoms. The summed E-state index contributed by atoms with van der Waals surface area (Å²) in [5.41, 5.74) is 5.91. The maximum absolute atomic E-state index is 12.8. The van der Waals surface area contributed by atoms with Crippen molar-refractivity contribution in [2.24, 2.45) is 10.7 Å². The van der Waals surface area contributed by atoms with Crippen LogP contribution in [-0.4, -0.2) is 12.5 Å². The van der Waals surface area contributed by atoms with E-state index in [2.05, 4.69) is 10.3 Å². The Morgan fingerprint density at radius 3 is 3.00 bits per heavy atom. The number of aliphatic imine (C=N–C) groups is 1. The number of nitrogens with one attached hydrogen (secondary N) is 1. The molecule has 3 N–H and O–H groups in total. The van der Waals surface area contributed by atoms with Gasteiger partial charge in [0.15, 0.2) is 5.96 Å². The maximum atomic E-state index is 12.8. The SMILES string of the molecule is CCN=C(N)Nc1cc(F)ccc1Cl. The van der Waals surface area contributed by atoms with Gasteiger partial charge in [0.2, 0.25) is 0 Å². The molecule has 0 saturated carbocycles. The Morgan fingerprint density at radius 1 is 1.64 bits per heavy atom. The van der Waals surface area contributed by atoms with Gasteiger partial charge in [0.1, 0.15) is 5.82 Å². The van der Waals surface area contributed by atoms with Gasteiger partial charge >= 0.3 is 0 Å². The zero-order chi connectivity index (χ0) is 10.6. The number of guanidine groups is 1. The van der Waals surface area contributed by atoms with E-state index in [1.54, 1.807) is 0 Å². The highest BCUT2D eigenvalue weighted by molar-refractivity contribution is 6.33. The highest BCUT2D eigenvalue weighted by Crippen LogP contribution is 2.21. The van der Waals surface area contributed by atoms with Crippen molar-refractivity contribution in [3.63, 3.8) is 0 Å². The van der Waals surface area contributed by atoms with E-state index in [1.807, 2.05) is 6.92 Å². The van der Waals surface area contributed by atoms with Crippen LogP contribution in [0.5, 0.6) is 0 Å². The fraction of sp³-hybridized carbons (Fsp3) is 0.222. The first-order valence-corrected chi connectivity index (χ1v) is 4.53. The summed E-state index contributed by atoms with van der Waals surface area (Å²) < 4.78 is 12.8. The Bertz CT molecular complexity index is 352. The molecule has 0 heterocycles. The van der Waals surface area contributed by atoms with E-state index >= 15 is 0 Å². The van der Waals surface area contributed by atoms with Crippen LogP contribution >= 0.6 is 11.6 Å². The van der Waals surface area contributed by atoms with E-state index in [0.717, 1.165) is 0 Å². The van der Waals surface area contributed by atoms with Crippen molar-refractivity contribution in [2.75, 3.05) is 11.9 Å². The second kappa shape index (κ2) is 4.81. The first-order valence-electron chi connectivity index (χ1n) is 4.15. The van der Waals surface area contributed by atoms with Crippen molar-refractivity contribution in [1.82, 2.24) is 0 Å². The predicted molar refractivity (Wildman–Crippen MR) is 57.2 cm³/mol. The van der Waals surface area contributed by atoms with Gasteiger partial charge in [-0.1, -0.05) is 11.6 Å². The molecule has 0 fully saturated rings. The maximum Gasteiger partial charge on any atom is 0.193 e. The van der Waals surface area contributed by atoms with Gasteiger partial charge in [0.25, 0.3) is 0 Å². The number of hydrogen-bond acceptors (Lipinski definition) is 1. The van der Waals surface area contributed by atoms with Crippen molar-refractivity contribution >= 4 is 23.2 Å². The summed E-state index contributed by atoms with van der Waals surface area (Å²) in [4.78, 5) is 3.89. The molecule has 1 aromatic carbocycles. The number of hydrogen-bond donors (Lipinski definition) is 2. The number of rotatable bonds is 2. The lowest BCUT2D eigenvalue weighted by Gasteiger charge is -2.06. The topological polar surface area (TPSA) is 50.4 Å². The summed E-state index contributed by atoms with van der Waals surface area (Å²) in [5.74, 6) is -0.152. The third kappa shape index (κ3) is 2.88. The molecule has 0 unspecified atom stereocenters. The van der Waals surface area contributed by atoms with Gasteiger partial charge in [0, 0.05) is 6.54 Å². The third-order valence-electron chi connectivity index (χ3n) is 1.52. The summed E-state index contributed by atoms with van der Waals surface area (Å²) >= 11 is 5.80. The van der Waals surface area contributed by atoms with E-state index < -0.39 is 0 Å². The fourth-order valence-electron chi connectivity index (χ4n) is 0.941. The molecule has 0 saturated heterocycles. The van der Waals surface area contributed by atoms with Crippen LogP contribution in [0.15, 0.2) is 23.2 Å². The molecule has 0 aliphatic rings. The number of anilines is 1. The lowest BCUT2D eigenvalue weighted by atomic mass is 10.3. The first-order chi connectivity index (χ1) is 6.63. The Morgan fingerprint density at radius 2 is 2.36 bits per heavy atom. The van der Waals surface area contributed by atoms with Crippen LogP contribution in [0, 0.1) is 5.82 Å². The van der Waals surface area contributed by atoms with Gasteiger partial charge in [-0.25, -0.2) is 4.39 Å². The summed E-state index contributed by atoms with van der Waals surface area (Å²) in [6.45, 7) is 2.41. The minimum atomic E-state index is -0.374. The standard InChI is InChI=1S/C9H11ClFN3/c1-2-13-9(12)14-8-5-6(11)3-4-7(8)10/h3-5H,2H2,1H3,(H3,12,13,14). The van der Waals surface area contributed by atoms with Crippen molar-refractivity contribution in [3.05, 3.63) is 29.0 Å². The van der Waals surface area contributed by atoms with Crippen LogP contribution in [-0.2, 0) is 0 Å². The zero-order valence-corrected chi connectivity index (χ0v) is 8.48. The summed E-state index contributed by atoms with van der Waals surface area (Å²) in [6, 6.07) is 4.00. The van der Waals surface area contributed by atoms with Crippen LogP contribution < -0.4 is 11.1 Å². The minimum absolute atomic E-state index is 0.222. The average Bonchev–Trinajstić information content (AvgIpc) is 2.12. The van der Waals surface area contributed by atoms with Crippen LogP contribution in [0.1, 0.15) is 6.92 Å². The molecule has 0 aliphatic carbocycles. The van der Waals surface area contributed by atoms with Gasteiger partial charge in [-0.05, 0) is 25.1 Å². The number of benzene rings is 1. The smallest absolute Gasteiger partial charge is 0.193 e. The Hall–Kier alpha value is -1.29. The van der Waals surface area contributed by atoms with Gasteiger partial charge in [-0.3, -0.25) is 4.99 Å². The Labute approximate surface area is 86.8 Å². The van der Waals surface area contributed by atoms with Crippen LogP contribution in [0.3, 0.4) is 0 Å². The average molecular weight is 216 g/mol. The van der Waals surface area contributed by atoms with Crippen molar-refractivity contribution in [2.45, 2.75) is 6.92 Å². The molecular weight excluding hydrogens is 205 g/mol. The molecule has 0 radical (unpaired) electrons. The number of nitrogens with zero attached hydrogens (tertiary/aromatic N) is 1. The molecule has 1 aromatic rings. The van der Waals surface area contributed by atoms with Crippen LogP contribution in [0.25, 0.3) is 0 Å². The van der Waals surface area contributed by atoms with Gasteiger partial charge in [-0.15, -0.1) is 0 Å². The lowest BCUT2D eigenvalue weighted by molar-refractivity contribution is 0.628. The summed E-state index contributed by atoms with van der Waals surface area (Å²) in [5, 5.41) is 3.11. The number of nitrogens with two attached hydrogens (primary N) is 1. The lowest BCUT2D eigenvalue weighted by Crippen LogP contribution is -2.22. The minimum Gasteiger partial charge on any atom is -0.370 e. The van der Waals surface area contributed by atoms with E-state index in [1.165, 1.54) is 18.2 Å². The van der Waals surface area contributed by atoms with Gasteiger partial charge in [0.05, 0.1) is 10.7 Å². The molecule has 0 spiro atoms. The van der Waals surface area contributed by atoms with Crippen LogP contribution in [0.4, 0.5) is 10.1 Å². The quantitative estimate of drug-likeness (QED) is 0.587. The molecule has 0 bridgehead atoms. The van der Waals surface area contributed by atoms with Crippen molar-refractivity contribution < 1.29 is 4.39 Å². The normalized spacial score (nSPS) is 11.5. The molecule has 0 aliphatic heterocycles. The molecule has 14 heavy (non-hydrogen) atoms. The molecule has 3 nitrogen and oxygen atoms in total. The van der Waals surface area contributed by atoms with E-state index in [-0.39, 0.29) is 11.8 Å². The predicted octanol–water partition coefficient (Wildman–Crippen LogP) is 2.23. The molecule has 1 rings (SSSR count). The second-order valence-electron chi connectivity index (χ2n) is 2.61. The van der Waals surface area contributed by atoms with Crippen molar-refractivity contribution in [1.29, 1.82) is 0 Å². The molecule has 0 atom stereocenters. The molecular formula is C9H11ClFN3. The van der Waals surface area contributed by atoms with E-state index in [0.29, 0.717) is 17.3 Å². The Balaban J connectivity index is 2.85. The highest BCUT2D eigenvalue weighted by atomic mass is 35.5. The molecule has 0 aromatic heterocycles. The molecule has 0 amide bonds. The summed E-state index contributed by atoms with van der Waals surface area (Å²) in [7, 11) is 0. The summed E-state index contributed by atoms with van der Waals surface area (Å²) in [6.07, 6.45) is 0. The van der Waals surface area contributed by atoms with Gasteiger partial charge < -0.3 is 11.1 Å². The highest BCUT2D eigenvalue weighted by Gasteiger charge is 2.02. The molecule has 76 valence electrons. The van der Waals surface area contributed by atoms with Crippen LogP contribution in [0.2, 0.25) is 5.02 Å². The monoisotopic (exact) mass is 215 g/mol. The number of halogens is 2.